The van der Waals surface area contributed by atoms with Crippen LogP contribution in [0.4, 0.5) is 0 Å². The third kappa shape index (κ3) is 3.36. The van der Waals surface area contributed by atoms with Crippen LogP contribution in [-0.2, 0) is 6.42 Å². The Kier molecular flexibility index (Phi) is 5.40. The van der Waals surface area contributed by atoms with Gasteiger partial charge in [-0.1, -0.05) is 25.1 Å². The highest BCUT2D eigenvalue weighted by Gasteiger charge is 2.23. The van der Waals surface area contributed by atoms with Gasteiger partial charge in [-0.3, -0.25) is 0 Å². The second kappa shape index (κ2) is 7.73. The minimum absolute atomic E-state index is 0.563. The molecular formula is C22H26O4. The summed E-state index contributed by atoms with van der Waals surface area (Å²) in [6.45, 7) is 2.26. The van der Waals surface area contributed by atoms with Gasteiger partial charge in [0.05, 0.1) is 28.4 Å². The van der Waals surface area contributed by atoms with Gasteiger partial charge in [0, 0.05) is 5.56 Å². The van der Waals surface area contributed by atoms with Gasteiger partial charge in [-0.15, -0.1) is 0 Å². The molecule has 4 heteroatoms. The van der Waals surface area contributed by atoms with Gasteiger partial charge in [0.15, 0.2) is 11.5 Å². The zero-order valence-electron chi connectivity index (χ0n) is 16.1. The molecule has 3 rings (SSSR count). The SMILES string of the molecule is COc1cc(/C=C\c2cc3c(c(OC)c2)C(C)CC3)cc(OC)c1OC. The fraction of sp³-hybridized carbons (Fsp3) is 0.364. The Morgan fingerprint density at radius 2 is 1.31 bits per heavy atom. The summed E-state index contributed by atoms with van der Waals surface area (Å²) in [5.74, 6) is 3.43. The third-order valence-electron chi connectivity index (χ3n) is 4.96. The van der Waals surface area contributed by atoms with Crippen molar-refractivity contribution in [3.05, 3.63) is 46.5 Å². The Morgan fingerprint density at radius 3 is 1.85 bits per heavy atom. The first kappa shape index (κ1) is 18.2. The van der Waals surface area contributed by atoms with Crippen molar-refractivity contribution in [1.82, 2.24) is 0 Å². The average molecular weight is 354 g/mol. The minimum Gasteiger partial charge on any atom is -0.496 e. The molecule has 1 unspecified atom stereocenters. The highest BCUT2D eigenvalue weighted by molar-refractivity contribution is 5.74. The summed E-state index contributed by atoms with van der Waals surface area (Å²) in [4.78, 5) is 0. The molecule has 1 aliphatic carbocycles. The maximum Gasteiger partial charge on any atom is 0.203 e. The van der Waals surface area contributed by atoms with Crippen LogP contribution in [0.1, 0.15) is 41.5 Å². The predicted molar refractivity (Wildman–Crippen MR) is 105 cm³/mol. The van der Waals surface area contributed by atoms with Crippen LogP contribution in [0.2, 0.25) is 0 Å². The van der Waals surface area contributed by atoms with Crippen molar-refractivity contribution < 1.29 is 18.9 Å². The first-order chi connectivity index (χ1) is 12.6. The van der Waals surface area contributed by atoms with Crippen molar-refractivity contribution in [2.24, 2.45) is 0 Å². The quantitative estimate of drug-likeness (QED) is 0.689. The number of hydrogen-bond acceptors (Lipinski definition) is 4. The second-order valence-corrected chi connectivity index (χ2v) is 6.53. The zero-order chi connectivity index (χ0) is 18.7. The van der Waals surface area contributed by atoms with E-state index in [1.807, 2.05) is 18.2 Å². The van der Waals surface area contributed by atoms with Gasteiger partial charge in [-0.05, 0) is 53.6 Å². The summed E-state index contributed by atoms with van der Waals surface area (Å²) in [6, 6.07) is 8.24. The number of rotatable bonds is 6. The van der Waals surface area contributed by atoms with Gasteiger partial charge in [0.1, 0.15) is 5.75 Å². The molecule has 0 N–H and O–H groups in total. The van der Waals surface area contributed by atoms with Gasteiger partial charge in [-0.2, -0.15) is 0 Å². The number of fused-ring (bicyclic) bond motifs is 1. The summed E-state index contributed by atoms with van der Waals surface area (Å²) < 4.78 is 21.9. The molecule has 26 heavy (non-hydrogen) atoms. The van der Waals surface area contributed by atoms with Crippen molar-refractivity contribution >= 4 is 12.2 Å². The van der Waals surface area contributed by atoms with Crippen molar-refractivity contribution in [2.45, 2.75) is 25.7 Å². The Labute approximate surface area is 155 Å². The smallest absolute Gasteiger partial charge is 0.203 e. The largest absolute Gasteiger partial charge is 0.496 e. The van der Waals surface area contributed by atoms with Crippen molar-refractivity contribution in [3.8, 4) is 23.0 Å². The fourth-order valence-corrected chi connectivity index (χ4v) is 3.65. The Hall–Kier alpha value is -2.62. The van der Waals surface area contributed by atoms with Gasteiger partial charge in [0.2, 0.25) is 5.75 Å². The van der Waals surface area contributed by atoms with Crippen LogP contribution in [-0.4, -0.2) is 28.4 Å². The van der Waals surface area contributed by atoms with E-state index in [0.29, 0.717) is 23.2 Å². The number of benzene rings is 2. The Bertz CT molecular complexity index is 782. The van der Waals surface area contributed by atoms with Crippen LogP contribution in [0.15, 0.2) is 24.3 Å². The molecular weight excluding hydrogens is 328 g/mol. The van der Waals surface area contributed by atoms with Crippen molar-refractivity contribution in [3.63, 3.8) is 0 Å². The molecule has 2 aromatic rings. The first-order valence-corrected chi connectivity index (χ1v) is 8.80. The standard InChI is InChI=1S/C22H26O4/c1-14-6-9-17-10-15(11-18(23-2)21(14)17)7-8-16-12-19(24-3)22(26-5)20(13-16)25-4/h7-8,10-14H,6,9H2,1-5H3/b8-7-. The molecule has 0 heterocycles. The molecule has 0 fully saturated rings. The van der Waals surface area contributed by atoms with Gasteiger partial charge < -0.3 is 18.9 Å². The molecule has 0 aromatic heterocycles. The normalized spacial score (nSPS) is 15.8. The maximum atomic E-state index is 5.63. The summed E-state index contributed by atoms with van der Waals surface area (Å²) >= 11 is 0. The molecule has 2 aromatic carbocycles. The highest BCUT2D eigenvalue weighted by atomic mass is 16.5. The van der Waals surface area contributed by atoms with E-state index < -0.39 is 0 Å². The zero-order valence-corrected chi connectivity index (χ0v) is 16.1. The van der Waals surface area contributed by atoms with E-state index in [2.05, 4.69) is 25.1 Å². The second-order valence-electron chi connectivity index (χ2n) is 6.53. The monoisotopic (exact) mass is 354 g/mol. The first-order valence-electron chi connectivity index (χ1n) is 8.80. The van der Waals surface area contributed by atoms with Crippen molar-refractivity contribution in [2.75, 3.05) is 28.4 Å². The number of methoxy groups -OCH3 is 4. The van der Waals surface area contributed by atoms with E-state index in [0.717, 1.165) is 23.3 Å². The highest BCUT2D eigenvalue weighted by Crippen LogP contribution is 2.41. The summed E-state index contributed by atoms with van der Waals surface area (Å²) in [7, 11) is 6.59. The molecule has 0 bridgehead atoms. The Balaban J connectivity index is 1.96. The number of aryl methyl sites for hydroxylation is 1. The van der Waals surface area contributed by atoms with Gasteiger partial charge >= 0.3 is 0 Å². The van der Waals surface area contributed by atoms with E-state index in [4.69, 9.17) is 18.9 Å². The van der Waals surface area contributed by atoms with Crippen LogP contribution in [0.25, 0.3) is 12.2 Å². The lowest BCUT2D eigenvalue weighted by Gasteiger charge is -2.13. The van der Waals surface area contributed by atoms with E-state index in [9.17, 15) is 0 Å². The van der Waals surface area contributed by atoms with Crippen LogP contribution >= 0.6 is 0 Å². The number of ether oxygens (including phenoxy) is 4. The number of hydrogen-bond donors (Lipinski definition) is 0. The molecule has 1 aliphatic rings. The third-order valence-corrected chi connectivity index (χ3v) is 4.96. The Morgan fingerprint density at radius 1 is 0.769 bits per heavy atom. The lowest BCUT2D eigenvalue weighted by Crippen LogP contribution is -1.96. The molecule has 0 saturated heterocycles. The predicted octanol–water partition coefficient (Wildman–Crippen LogP) is 4.94. The average Bonchev–Trinajstić information content (AvgIpc) is 3.05. The molecule has 1 atom stereocenters. The fourth-order valence-electron chi connectivity index (χ4n) is 3.65. The van der Waals surface area contributed by atoms with Crippen molar-refractivity contribution in [1.29, 1.82) is 0 Å². The van der Waals surface area contributed by atoms with Gasteiger partial charge in [0.25, 0.3) is 0 Å². The molecule has 0 radical (unpaired) electrons. The van der Waals surface area contributed by atoms with E-state index >= 15 is 0 Å². The maximum absolute atomic E-state index is 5.63. The molecule has 0 aliphatic heterocycles. The summed E-state index contributed by atoms with van der Waals surface area (Å²) in [5, 5.41) is 0. The van der Waals surface area contributed by atoms with Crippen LogP contribution in [0.3, 0.4) is 0 Å². The summed E-state index contributed by atoms with van der Waals surface area (Å²) in [5.41, 5.74) is 4.86. The van der Waals surface area contributed by atoms with Crippen LogP contribution in [0, 0.1) is 0 Å². The lowest BCUT2D eigenvalue weighted by atomic mass is 9.99. The van der Waals surface area contributed by atoms with E-state index in [1.54, 1.807) is 28.4 Å². The van der Waals surface area contributed by atoms with Crippen LogP contribution < -0.4 is 18.9 Å². The van der Waals surface area contributed by atoms with Gasteiger partial charge in [-0.25, -0.2) is 0 Å². The molecule has 4 nitrogen and oxygen atoms in total. The molecule has 138 valence electrons. The van der Waals surface area contributed by atoms with E-state index in [-0.39, 0.29) is 0 Å². The molecule has 0 spiro atoms. The van der Waals surface area contributed by atoms with Crippen LogP contribution in [0.5, 0.6) is 23.0 Å². The topological polar surface area (TPSA) is 36.9 Å². The summed E-state index contributed by atoms with van der Waals surface area (Å²) in [6.07, 6.45) is 6.43. The van der Waals surface area contributed by atoms with E-state index in [1.165, 1.54) is 17.5 Å². The lowest BCUT2D eigenvalue weighted by molar-refractivity contribution is 0.324. The molecule has 0 amide bonds. The minimum atomic E-state index is 0.563. The molecule has 0 saturated carbocycles.